The van der Waals surface area contributed by atoms with Crippen molar-refractivity contribution in [1.82, 2.24) is 14.6 Å². The highest BCUT2D eigenvalue weighted by Crippen LogP contribution is 2.12. The molecule has 0 saturated heterocycles. The summed E-state index contributed by atoms with van der Waals surface area (Å²) < 4.78 is 26.6. The number of carbonyl (C=O) groups excluding carboxylic acids is 1. The zero-order chi connectivity index (χ0) is 13.1. The van der Waals surface area contributed by atoms with Crippen molar-refractivity contribution >= 4 is 15.9 Å². The van der Waals surface area contributed by atoms with E-state index in [-0.39, 0.29) is 23.7 Å². The van der Waals surface area contributed by atoms with Crippen molar-refractivity contribution < 1.29 is 18.3 Å². The second kappa shape index (κ2) is 5.30. The number of aliphatic hydroxyl groups is 1. The van der Waals surface area contributed by atoms with Gasteiger partial charge in [0, 0.05) is 19.8 Å². The molecule has 1 amide bonds. The van der Waals surface area contributed by atoms with E-state index in [2.05, 4.69) is 10.0 Å². The van der Waals surface area contributed by atoms with Gasteiger partial charge in [-0.3, -0.25) is 4.79 Å². The van der Waals surface area contributed by atoms with Gasteiger partial charge < -0.3 is 15.0 Å². The SMILES string of the molecule is CNS(=O)(=O)c1cc(C(=O)NCCO)n(C)c1. The lowest BCUT2D eigenvalue weighted by atomic mass is 10.4. The number of hydrogen-bond acceptors (Lipinski definition) is 4. The summed E-state index contributed by atoms with van der Waals surface area (Å²) in [5.41, 5.74) is 0.215. The average molecular weight is 261 g/mol. The maximum atomic E-state index is 11.6. The molecule has 0 aliphatic carbocycles. The number of nitrogens with one attached hydrogen (secondary N) is 2. The fraction of sp³-hybridized carbons (Fsp3) is 0.444. The van der Waals surface area contributed by atoms with Gasteiger partial charge in [-0.25, -0.2) is 13.1 Å². The van der Waals surface area contributed by atoms with Gasteiger partial charge in [0.15, 0.2) is 0 Å². The van der Waals surface area contributed by atoms with Crippen molar-refractivity contribution in [3.05, 3.63) is 18.0 Å². The fourth-order valence-electron chi connectivity index (χ4n) is 1.28. The molecule has 1 aromatic heterocycles. The normalized spacial score (nSPS) is 11.5. The molecule has 7 nitrogen and oxygen atoms in total. The molecular weight excluding hydrogens is 246 g/mol. The molecule has 0 spiro atoms. The quantitative estimate of drug-likeness (QED) is 0.610. The van der Waals surface area contributed by atoms with Gasteiger partial charge in [-0.1, -0.05) is 0 Å². The first-order chi connectivity index (χ1) is 7.92. The average Bonchev–Trinajstić information content (AvgIpc) is 2.69. The summed E-state index contributed by atoms with van der Waals surface area (Å²) in [5.74, 6) is -0.431. The lowest BCUT2D eigenvalue weighted by molar-refractivity contribution is 0.0936. The number of amides is 1. The Balaban J connectivity index is 3.01. The Morgan fingerprint density at radius 1 is 1.53 bits per heavy atom. The first kappa shape index (κ1) is 13.7. The van der Waals surface area contributed by atoms with E-state index in [0.717, 1.165) is 0 Å². The van der Waals surface area contributed by atoms with Gasteiger partial charge in [-0.2, -0.15) is 0 Å². The second-order valence-corrected chi connectivity index (χ2v) is 5.25. The maximum absolute atomic E-state index is 11.6. The van der Waals surface area contributed by atoms with Crippen molar-refractivity contribution in [2.75, 3.05) is 20.2 Å². The van der Waals surface area contributed by atoms with E-state index in [4.69, 9.17) is 5.11 Å². The zero-order valence-electron chi connectivity index (χ0n) is 9.60. The summed E-state index contributed by atoms with van der Waals surface area (Å²) in [6, 6.07) is 1.28. The molecule has 0 aliphatic heterocycles. The Morgan fingerprint density at radius 3 is 2.71 bits per heavy atom. The number of hydrogen-bond donors (Lipinski definition) is 3. The van der Waals surface area contributed by atoms with E-state index in [0.29, 0.717) is 0 Å². The predicted molar refractivity (Wildman–Crippen MR) is 61.1 cm³/mol. The van der Waals surface area contributed by atoms with Crippen LogP contribution in [0.1, 0.15) is 10.5 Å². The third-order valence-corrected chi connectivity index (χ3v) is 3.57. The Bertz CT molecular complexity index is 506. The Labute approximate surface area is 99.5 Å². The Morgan fingerprint density at radius 2 is 2.18 bits per heavy atom. The Hall–Kier alpha value is -1.38. The minimum Gasteiger partial charge on any atom is -0.395 e. The van der Waals surface area contributed by atoms with E-state index < -0.39 is 15.9 Å². The lowest BCUT2D eigenvalue weighted by Crippen LogP contribution is -2.27. The van der Waals surface area contributed by atoms with Crippen LogP contribution >= 0.6 is 0 Å². The molecule has 1 heterocycles. The predicted octanol–water partition coefficient (Wildman–Crippen LogP) is -1.34. The molecule has 96 valence electrons. The molecule has 1 aromatic rings. The topological polar surface area (TPSA) is 100 Å². The first-order valence-electron chi connectivity index (χ1n) is 4.91. The molecule has 1 rings (SSSR count). The molecule has 0 bridgehead atoms. The van der Waals surface area contributed by atoms with Crippen molar-refractivity contribution in [2.24, 2.45) is 7.05 Å². The number of aryl methyl sites for hydroxylation is 1. The van der Waals surface area contributed by atoms with E-state index in [1.165, 1.54) is 23.9 Å². The van der Waals surface area contributed by atoms with Gasteiger partial charge >= 0.3 is 0 Å². The van der Waals surface area contributed by atoms with E-state index in [9.17, 15) is 13.2 Å². The van der Waals surface area contributed by atoms with Gasteiger partial charge in [-0.05, 0) is 13.1 Å². The van der Waals surface area contributed by atoms with Gasteiger partial charge in [-0.15, -0.1) is 0 Å². The van der Waals surface area contributed by atoms with Crippen molar-refractivity contribution in [3.63, 3.8) is 0 Å². The summed E-state index contributed by atoms with van der Waals surface area (Å²) in [6.45, 7) is -0.0457. The summed E-state index contributed by atoms with van der Waals surface area (Å²) in [4.78, 5) is 11.6. The van der Waals surface area contributed by atoms with Crippen LogP contribution in [0.25, 0.3) is 0 Å². The van der Waals surface area contributed by atoms with Gasteiger partial charge in [0.1, 0.15) is 10.6 Å². The van der Waals surface area contributed by atoms with Crippen molar-refractivity contribution in [3.8, 4) is 0 Å². The van der Waals surface area contributed by atoms with Crippen LogP contribution in [0.2, 0.25) is 0 Å². The molecule has 0 saturated carbocycles. The minimum atomic E-state index is -3.55. The number of rotatable bonds is 5. The van der Waals surface area contributed by atoms with Crippen LogP contribution in [-0.4, -0.2) is 44.2 Å². The number of carbonyl (C=O) groups is 1. The van der Waals surface area contributed by atoms with Crippen LogP contribution in [0, 0.1) is 0 Å². The number of aromatic nitrogens is 1. The summed E-state index contributed by atoms with van der Waals surface area (Å²) >= 11 is 0. The summed E-state index contributed by atoms with van der Waals surface area (Å²) in [7, 11) is -0.683. The first-order valence-corrected chi connectivity index (χ1v) is 6.39. The zero-order valence-corrected chi connectivity index (χ0v) is 10.4. The number of aliphatic hydroxyl groups excluding tert-OH is 1. The third-order valence-electron chi connectivity index (χ3n) is 2.19. The molecule has 8 heteroatoms. The third kappa shape index (κ3) is 3.05. The molecular formula is C9H15N3O4S. The lowest BCUT2D eigenvalue weighted by Gasteiger charge is -2.03. The highest BCUT2D eigenvalue weighted by molar-refractivity contribution is 7.89. The highest BCUT2D eigenvalue weighted by Gasteiger charge is 2.18. The molecule has 0 aliphatic rings. The number of nitrogens with zero attached hydrogens (tertiary/aromatic N) is 1. The van der Waals surface area contributed by atoms with Crippen LogP contribution in [0.3, 0.4) is 0 Å². The fourth-order valence-corrected chi connectivity index (χ4v) is 2.08. The molecule has 0 fully saturated rings. The van der Waals surface area contributed by atoms with Crippen LogP contribution in [0.4, 0.5) is 0 Å². The standard InChI is InChI=1S/C9H15N3O4S/c1-10-17(15,16)7-5-8(12(2)6-7)9(14)11-3-4-13/h5-6,10,13H,3-4H2,1-2H3,(H,11,14). The molecule has 0 aromatic carbocycles. The van der Waals surface area contributed by atoms with Gasteiger partial charge in [0.25, 0.3) is 5.91 Å². The number of sulfonamides is 1. The molecule has 0 unspecified atom stereocenters. The van der Waals surface area contributed by atoms with Crippen LogP contribution in [-0.2, 0) is 17.1 Å². The van der Waals surface area contributed by atoms with Gasteiger partial charge in [0.2, 0.25) is 10.0 Å². The van der Waals surface area contributed by atoms with E-state index in [1.54, 1.807) is 7.05 Å². The molecule has 0 atom stereocenters. The van der Waals surface area contributed by atoms with Crippen LogP contribution in [0.5, 0.6) is 0 Å². The minimum absolute atomic E-state index is 0.0247. The van der Waals surface area contributed by atoms with Gasteiger partial charge in [0.05, 0.1) is 6.61 Å². The van der Waals surface area contributed by atoms with E-state index >= 15 is 0 Å². The molecule has 0 radical (unpaired) electrons. The summed E-state index contributed by atoms with van der Waals surface area (Å²) in [5, 5.41) is 11.0. The van der Waals surface area contributed by atoms with Crippen molar-refractivity contribution in [1.29, 1.82) is 0 Å². The maximum Gasteiger partial charge on any atom is 0.268 e. The largest absolute Gasteiger partial charge is 0.395 e. The van der Waals surface area contributed by atoms with Crippen LogP contribution in [0.15, 0.2) is 17.2 Å². The second-order valence-electron chi connectivity index (χ2n) is 3.36. The highest BCUT2D eigenvalue weighted by atomic mass is 32.2. The smallest absolute Gasteiger partial charge is 0.268 e. The Kier molecular flexibility index (Phi) is 4.27. The van der Waals surface area contributed by atoms with Crippen LogP contribution < -0.4 is 10.0 Å². The monoisotopic (exact) mass is 261 g/mol. The van der Waals surface area contributed by atoms with Crippen molar-refractivity contribution in [2.45, 2.75) is 4.90 Å². The molecule has 3 N–H and O–H groups in total. The van der Waals surface area contributed by atoms with E-state index in [1.807, 2.05) is 0 Å². The summed E-state index contributed by atoms with van der Waals surface area (Å²) in [6.07, 6.45) is 1.35. The molecule has 17 heavy (non-hydrogen) atoms.